The lowest BCUT2D eigenvalue weighted by atomic mass is 10.2. The van der Waals surface area contributed by atoms with Crippen molar-refractivity contribution in [3.8, 4) is 0 Å². The molecule has 0 fully saturated rings. The second-order valence-corrected chi connectivity index (χ2v) is 5.79. The Balaban J connectivity index is 1.72. The molecule has 2 N–H and O–H groups in total. The fourth-order valence-electron chi connectivity index (χ4n) is 2.22. The van der Waals surface area contributed by atoms with Gasteiger partial charge < -0.3 is 5.32 Å². The maximum atomic E-state index is 12.1. The molecule has 0 saturated carbocycles. The number of carbonyl (C=O) groups is 1. The third kappa shape index (κ3) is 4.50. The highest BCUT2D eigenvalue weighted by Gasteiger charge is 2.09. The standard InChI is InChI=1S/C17H14N6O3S/c24-16(13-4-2-1-3-5-13)18-11-15-20-21-17(27)22(15)19-10-12-6-8-14(9-7-12)23(25)26/h1-10H,11H2,(H,18,24)(H,21,27)/b19-10+. The number of aromatic amines is 1. The van der Waals surface area contributed by atoms with Gasteiger partial charge in [-0.25, -0.2) is 0 Å². The first-order chi connectivity index (χ1) is 13.0. The van der Waals surface area contributed by atoms with Crippen LogP contribution >= 0.6 is 12.2 Å². The fourth-order valence-corrected chi connectivity index (χ4v) is 2.41. The summed E-state index contributed by atoms with van der Waals surface area (Å²) in [6.07, 6.45) is 1.50. The van der Waals surface area contributed by atoms with Crippen LogP contribution in [0, 0.1) is 14.9 Å². The summed E-state index contributed by atoms with van der Waals surface area (Å²) in [6.45, 7) is 0.123. The molecule has 9 nitrogen and oxygen atoms in total. The van der Waals surface area contributed by atoms with Crippen molar-refractivity contribution >= 4 is 30.0 Å². The number of aromatic nitrogens is 3. The van der Waals surface area contributed by atoms with E-state index in [1.807, 2.05) is 6.07 Å². The minimum Gasteiger partial charge on any atom is -0.345 e. The number of H-pyrrole nitrogens is 1. The first-order valence-corrected chi connectivity index (χ1v) is 8.24. The maximum Gasteiger partial charge on any atom is 0.269 e. The van der Waals surface area contributed by atoms with Gasteiger partial charge in [-0.15, -0.1) is 0 Å². The molecule has 0 aliphatic carbocycles. The Kier molecular flexibility index (Phi) is 5.47. The van der Waals surface area contributed by atoms with E-state index in [2.05, 4.69) is 20.6 Å². The van der Waals surface area contributed by atoms with Crippen LogP contribution in [0.1, 0.15) is 21.7 Å². The predicted octanol–water partition coefficient (Wildman–Crippen LogP) is 2.66. The summed E-state index contributed by atoms with van der Waals surface area (Å²) < 4.78 is 1.64. The van der Waals surface area contributed by atoms with E-state index in [0.29, 0.717) is 17.0 Å². The van der Waals surface area contributed by atoms with Gasteiger partial charge in [0.05, 0.1) is 17.7 Å². The summed E-state index contributed by atoms with van der Waals surface area (Å²) in [4.78, 5) is 22.3. The van der Waals surface area contributed by atoms with Crippen LogP contribution in [0.2, 0.25) is 0 Å². The van der Waals surface area contributed by atoms with Gasteiger partial charge in [0, 0.05) is 17.7 Å². The van der Waals surface area contributed by atoms with E-state index in [1.165, 1.54) is 23.0 Å². The molecule has 0 saturated heterocycles. The second-order valence-electron chi connectivity index (χ2n) is 5.40. The Bertz CT molecular complexity index is 1040. The summed E-state index contributed by atoms with van der Waals surface area (Å²) in [5.74, 6) is 0.179. The van der Waals surface area contributed by atoms with Crippen molar-refractivity contribution in [2.75, 3.05) is 0 Å². The Hall–Kier alpha value is -3.66. The van der Waals surface area contributed by atoms with E-state index >= 15 is 0 Å². The van der Waals surface area contributed by atoms with Crippen LogP contribution in [0.25, 0.3) is 0 Å². The molecule has 27 heavy (non-hydrogen) atoms. The molecule has 0 unspecified atom stereocenters. The van der Waals surface area contributed by atoms with Gasteiger partial charge in [-0.3, -0.25) is 20.0 Å². The number of nitro groups is 1. The van der Waals surface area contributed by atoms with Crippen molar-refractivity contribution in [3.63, 3.8) is 0 Å². The molecule has 3 rings (SSSR count). The van der Waals surface area contributed by atoms with Crippen LogP contribution < -0.4 is 5.32 Å². The molecule has 0 spiro atoms. The fraction of sp³-hybridized carbons (Fsp3) is 0.0588. The molecule has 2 aromatic carbocycles. The lowest BCUT2D eigenvalue weighted by Gasteiger charge is -2.04. The van der Waals surface area contributed by atoms with Gasteiger partial charge in [0.25, 0.3) is 11.6 Å². The quantitative estimate of drug-likeness (QED) is 0.294. The number of amides is 1. The van der Waals surface area contributed by atoms with Gasteiger partial charge in [-0.2, -0.15) is 14.9 Å². The number of hydrogen-bond acceptors (Lipinski definition) is 6. The lowest BCUT2D eigenvalue weighted by Crippen LogP contribution is -2.24. The van der Waals surface area contributed by atoms with Crippen molar-refractivity contribution in [1.29, 1.82) is 0 Å². The van der Waals surface area contributed by atoms with Gasteiger partial charge in [0.15, 0.2) is 5.82 Å². The first-order valence-electron chi connectivity index (χ1n) is 7.83. The number of nitro benzene ring substituents is 1. The van der Waals surface area contributed by atoms with Crippen LogP contribution in [-0.2, 0) is 6.54 Å². The predicted molar refractivity (Wildman–Crippen MR) is 101 cm³/mol. The Morgan fingerprint density at radius 3 is 2.63 bits per heavy atom. The highest BCUT2D eigenvalue weighted by molar-refractivity contribution is 7.71. The zero-order valence-corrected chi connectivity index (χ0v) is 14.7. The SMILES string of the molecule is O=C(NCc1n[nH]c(=S)n1/N=C/c1ccc([N+](=O)[O-])cc1)c1ccccc1. The van der Waals surface area contributed by atoms with Crippen molar-refractivity contribution < 1.29 is 9.72 Å². The van der Waals surface area contributed by atoms with E-state index in [0.717, 1.165) is 0 Å². The molecule has 1 amide bonds. The second kappa shape index (κ2) is 8.15. The molecule has 1 aromatic heterocycles. The van der Waals surface area contributed by atoms with E-state index < -0.39 is 4.92 Å². The summed E-state index contributed by atoms with van der Waals surface area (Å²) in [5.41, 5.74) is 1.19. The number of benzene rings is 2. The Morgan fingerprint density at radius 1 is 1.26 bits per heavy atom. The monoisotopic (exact) mass is 382 g/mol. The van der Waals surface area contributed by atoms with Gasteiger partial charge in [-0.1, -0.05) is 18.2 Å². The average Bonchev–Trinajstić information content (AvgIpc) is 3.05. The minimum atomic E-state index is -0.472. The van der Waals surface area contributed by atoms with Gasteiger partial charge >= 0.3 is 0 Å². The van der Waals surface area contributed by atoms with Crippen LogP contribution in [0.3, 0.4) is 0 Å². The molecule has 0 aliphatic rings. The van der Waals surface area contributed by atoms with Crippen molar-refractivity contribution in [3.05, 3.63) is 86.4 Å². The zero-order chi connectivity index (χ0) is 19.2. The summed E-state index contributed by atoms with van der Waals surface area (Å²) in [6, 6.07) is 14.7. The van der Waals surface area contributed by atoms with Crippen molar-refractivity contribution in [2.45, 2.75) is 6.54 Å². The number of hydrogen-bond donors (Lipinski definition) is 2. The lowest BCUT2D eigenvalue weighted by molar-refractivity contribution is -0.384. The highest BCUT2D eigenvalue weighted by Crippen LogP contribution is 2.11. The summed E-state index contributed by atoms with van der Waals surface area (Å²) >= 11 is 5.15. The number of nitrogens with zero attached hydrogens (tertiary/aromatic N) is 4. The molecule has 136 valence electrons. The molecule has 1 heterocycles. The van der Waals surface area contributed by atoms with E-state index in [9.17, 15) is 14.9 Å². The number of nitrogens with one attached hydrogen (secondary N) is 2. The molecular weight excluding hydrogens is 368 g/mol. The van der Waals surface area contributed by atoms with Crippen LogP contribution in [0.15, 0.2) is 59.7 Å². The van der Waals surface area contributed by atoms with E-state index in [4.69, 9.17) is 12.2 Å². The average molecular weight is 382 g/mol. The number of non-ortho nitro benzene ring substituents is 1. The smallest absolute Gasteiger partial charge is 0.269 e. The summed E-state index contributed by atoms with van der Waals surface area (Å²) in [7, 11) is 0. The minimum absolute atomic E-state index is 0.00335. The first kappa shape index (κ1) is 18.1. The van der Waals surface area contributed by atoms with Crippen LogP contribution in [0.5, 0.6) is 0 Å². The van der Waals surface area contributed by atoms with Crippen LogP contribution in [0.4, 0.5) is 5.69 Å². The van der Waals surface area contributed by atoms with E-state index in [1.54, 1.807) is 36.4 Å². The van der Waals surface area contributed by atoms with Crippen LogP contribution in [-0.4, -0.2) is 31.9 Å². The number of rotatable bonds is 6. The van der Waals surface area contributed by atoms with E-state index in [-0.39, 0.29) is 22.9 Å². The molecule has 10 heteroatoms. The zero-order valence-electron chi connectivity index (χ0n) is 13.9. The normalized spacial score (nSPS) is 10.8. The van der Waals surface area contributed by atoms with Gasteiger partial charge in [0.1, 0.15) is 0 Å². The molecule has 0 radical (unpaired) electrons. The Labute approximate surface area is 158 Å². The molecule has 0 aliphatic heterocycles. The molecule has 3 aromatic rings. The highest BCUT2D eigenvalue weighted by atomic mass is 32.1. The summed E-state index contributed by atoms with van der Waals surface area (Å²) in [5, 5.41) is 24.3. The third-order valence-electron chi connectivity index (χ3n) is 3.59. The topological polar surface area (TPSA) is 118 Å². The number of carbonyl (C=O) groups excluding carboxylic acids is 1. The van der Waals surface area contributed by atoms with Crippen molar-refractivity contribution in [2.24, 2.45) is 5.10 Å². The largest absolute Gasteiger partial charge is 0.345 e. The third-order valence-corrected chi connectivity index (χ3v) is 3.85. The van der Waals surface area contributed by atoms with Crippen molar-refractivity contribution in [1.82, 2.24) is 20.2 Å². The van der Waals surface area contributed by atoms with Gasteiger partial charge in [-0.05, 0) is 42.0 Å². The molecule has 0 atom stereocenters. The molecular formula is C17H14N6O3S. The van der Waals surface area contributed by atoms with Gasteiger partial charge in [0.2, 0.25) is 4.77 Å². The maximum absolute atomic E-state index is 12.1. The Morgan fingerprint density at radius 2 is 1.96 bits per heavy atom. The molecule has 0 bridgehead atoms.